The summed E-state index contributed by atoms with van der Waals surface area (Å²) in [5, 5.41) is 6.23. The number of carbonyl (C=O) groups is 1. The minimum Gasteiger partial charge on any atom is -0.489 e. The van der Waals surface area contributed by atoms with E-state index in [1.54, 1.807) is 14.1 Å². The van der Waals surface area contributed by atoms with E-state index in [4.69, 9.17) is 9.47 Å². The number of nitrogens with one attached hydrogen (secondary N) is 2. The van der Waals surface area contributed by atoms with E-state index in [0.29, 0.717) is 31.6 Å². The van der Waals surface area contributed by atoms with E-state index in [2.05, 4.69) is 15.6 Å². The van der Waals surface area contributed by atoms with Crippen LogP contribution in [0.15, 0.2) is 23.2 Å². The Bertz CT molecular complexity index is 649. The van der Waals surface area contributed by atoms with Crippen LogP contribution in [0.4, 0.5) is 8.78 Å². The van der Waals surface area contributed by atoms with Crippen molar-refractivity contribution in [3.05, 3.63) is 29.8 Å². The van der Waals surface area contributed by atoms with Crippen LogP contribution < -0.4 is 15.4 Å². The molecular weight excluding hydrogens is 358 g/mol. The number of guanidine groups is 1. The maximum Gasteiger partial charge on any atom is 0.243 e. The van der Waals surface area contributed by atoms with Crippen molar-refractivity contribution in [2.75, 3.05) is 53.6 Å². The molecule has 1 amide bonds. The van der Waals surface area contributed by atoms with E-state index in [1.165, 1.54) is 11.0 Å². The first kappa shape index (κ1) is 20.9. The molecule has 1 saturated heterocycles. The Labute approximate surface area is 157 Å². The van der Waals surface area contributed by atoms with Crippen LogP contribution in [-0.4, -0.2) is 70.3 Å². The van der Waals surface area contributed by atoms with Crippen LogP contribution in [-0.2, 0) is 9.53 Å². The Morgan fingerprint density at radius 3 is 2.85 bits per heavy atom. The van der Waals surface area contributed by atoms with Gasteiger partial charge in [-0.05, 0) is 18.6 Å². The fourth-order valence-electron chi connectivity index (χ4n) is 2.37. The van der Waals surface area contributed by atoms with Crippen molar-refractivity contribution >= 4 is 11.9 Å². The zero-order valence-corrected chi connectivity index (χ0v) is 15.6. The van der Waals surface area contributed by atoms with Gasteiger partial charge in [0.1, 0.15) is 19.0 Å². The summed E-state index contributed by atoms with van der Waals surface area (Å²) in [6.45, 7) is 2.62. The average Bonchev–Trinajstić information content (AvgIpc) is 3.14. The van der Waals surface area contributed by atoms with Crippen LogP contribution in [0.25, 0.3) is 0 Å². The van der Waals surface area contributed by atoms with Gasteiger partial charge in [0.2, 0.25) is 5.91 Å². The molecule has 0 bridgehead atoms. The van der Waals surface area contributed by atoms with Crippen LogP contribution >= 0.6 is 0 Å². The van der Waals surface area contributed by atoms with Gasteiger partial charge in [-0.1, -0.05) is 0 Å². The fraction of sp³-hybridized carbons (Fsp3) is 0.556. The topological polar surface area (TPSA) is 75.2 Å². The van der Waals surface area contributed by atoms with Gasteiger partial charge in [-0.15, -0.1) is 0 Å². The summed E-state index contributed by atoms with van der Waals surface area (Å²) in [4.78, 5) is 17.5. The molecule has 1 aliphatic heterocycles. The quantitative estimate of drug-likeness (QED) is 0.397. The number of halogens is 2. The molecule has 2 rings (SSSR count). The molecule has 0 spiro atoms. The van der Waals surface area contributed by atoms with E-state index in [9.17, 15) is 13.6 Å². The van der Waals surface area contributed by atoms with Crippen molar-refractivity contribution in [1.82, 2.24) is 15.5 Å². The average molecular weight is 384 g/mol. The largest absolute Gasteiger partial charge is 0.489 e. The van der Waals surface area contributed by atoms with Crippen molar-refractivity contribution in [2.24, 2.45) is 10.9 Å². The lowest BCUT2D eigenvalue weighted by Gasteiger charge is -2.16. The molecule has 1 unspecified atom stereocenters. The van der Waals surface area contributed by atoms with Crippen molar-refractivity contribution in [3.8, 4) is 5.75 Å². The molecule has 1 aliphatic rings. The third-order valence-electron chi connectivity index (χ3n) is 4.00. The highest BCUT2D eigenvalue weighted by molar-refractivity contribution is 5.84. The molecule has 27 heavy (non-hydrogen) atoms. The van der Waals surface area contributed by atoms with Crippen LogP contribution in [0.1, 0.15) is 6.42 Å². The van der Waals surface area contributed by atoms with E-state index < -0.39 is 11.6 Å². The predicted octanol–water partition coefficient (Wildman–Crippen LogP) is 1.00. The number of ether oxygens (including phenoxy) is 2. The first-order valence-corrected chi connectivity index (χ1v) is 8.83. The standard InChI is InChI=1S/C18H26F2N4O3/c1-24(2)17(25)11-23-18(22-10-13-5-7-26-12-13)21-6-8-27-16-4-3-14(19)9-15(16)20/h3-4,9,13H,5-8,10-12H2,1-2H3,(H2,21,22,23). The Hall–Kier alpha value is -2.42. The zero-order chi connectivity index (χ0) is 19.6. The lowest BCUT2D eigenvalue weighted by Crippen LogP contribution is -2.42. The minimum absolute atomic E-state index is 0.0109. The summed E-state index contributed by atoms with van der Waals surface area (Å²) < 4.78 is 37.1. The van der Waals surface area contributed by atoms with Gasteiger partial charge in [-0.2, -0.15) is 0 Å². The highest BCUT2D eigenvalue weighted by Crippen LogP contribution is 2.17. The van der Waals surface area contributed by atoms with E-state index in [1.807, 2.05) is 0 Å². The maximum atomic E-state index is 13.5. The smallest absolute Gasteiger partial charge is 0.243 e. The second kappa shape index (κ2) is 10.7. The second-order valence-corrected chi connectivity index (χ2v) is 6.41. The van der Waals surface area contributed by atoms with Gasteiger partial charge < -0.3 is 25.0 Å². The summed E-state index contributed by atoms with van der Waals surface area (Å²) in [6.07, 6.45) is 0.976. The van der Waals surface area contributed by atoms with E-state index >= 15 is 0 Å². The number of carbonyl (C=O) groups excluding carboxylic acids is 1. The van der Waals surface area contributed by atoms with Crippen molar-refractivity contribution in [2.45, 2.75) is 6.42 Å². The van der Waals surface area contributed by atoms with Crippen LogP contribution in [0.5, 0.6) is 5.75 Å². The molecule has 0 aromatic heterocycles. The van der Waals surface area contributed by atoms with Crippen molar-refractivity contribution in [3.63, 3.8) is 0 Å². The SMILES string of the molecule is CN(C)C(=O)CN=C(NCCOc1ccc(F)cc1F)NCC1CCOC1. The van der Waals surface area contributed by atoms with Gasteiger partial charge in [0.25, 0.3) is 0 Å². The van der Waals surface area contributed by atoms with Gasteiger partial charge in [-0.25, -0.2) is 13.8 Å². The fourth-order valence-corrected chi connectivity index (χ4v) is 2.37. The monoisotopic (exact) mass is 384 g/mol. The Morgan fingerprint density at radius 2 is 2.19 bits per heavy atom. The third-order valence-corrected chi connectivity index (χ3v) is 4.00. The highest BCUT2D eigenvalue weighted by Gasteiger charge is 2.16. The number of nitrogens with zero attached hydrogens (tertiary/aromatic N) is 2. The number of likely N-dealkylation sites (N-methyl/N-ethyl adjacent to an activating group) is 1. The first-order chi connectivity index (χ1) is 13.0. The molecule has 7 nitrogen and oxygen atoms in total. The zero-order valence-electron chi connectivity index (χ0n) is 15.6. The number of rotatable bonds is 8. The normalized spacial score (nSPS) is 16.9. The Kier molecular flexibility index (Phi) is 8.25. The third kappa shape index (κ3) is 7.38. The molecule has 1 heterocycles. The van der Waals surface area contributed by atoms with Crippen molar-refractivity contribution < 1.29 is 23.0 Å². The molecule has 1 atom stereocenters. The molecule has 0 aliphatic carbocycles. The summed E-state index contributed by atoms with van der Waals surface area (Å²) in [6, 6.07) is 3.15. The Balaban J connectivity index is 1.82. The van der Waals surface area contributed by atoms with Gasteiger partial charge in [0, 0.05) is 39.2 Å². The molecule has 1 aromatic rings. The second-order valence-electron chi connectivity index (χ2n) is 6.41. The van der Waals surface area contributed by atoms with Crippen LogP contribution in [0.3, 0.4) is 0 Å². The van der Waals surface area contributed by atoms with Gasteiger partial charge in [-0.3, -0.25) is 4.79 Å². The van der Waals surface area contributed by atoms with E-state index in [0.717, 1.165) is 25.2 Å². The number of hydrogen-bond donors (Lipinski definition) is 2. The van der Waals surface area contributed by atoms with Crippen LogP contribution in [0, 0.1) is 17.6 Å². The molecule has 1 aromatic carbocycles. The highest BCUT2D eigenvalue weighted by atomic mass is 19.1. The molecule has 0 saturated carbocycles. The molecule has 1 fully saturated rings. The summed E-state index contributed by atoms with van der Waals surface area (Å²) in [7, 11) is 3.33. The predicted molar refractivity (Wildman–Crippen MR) is 97.8 cm³/mol. The number of benzene rings is 1. The summed E-state index contributed by atoms with van der Waals surface area (Å²) in [5.74, 6) is -0.676. The summed E-state index contributed by atoms with van der Waals surface area (Å²) >= 11 is 0. The number of hydrogen-bond acceptors (Lipinski definition) is 4. The molecule has 2 N–H and O–H groups in total. The van der Waals surface area contributed by atoms with Crippen LogP contribution in [0.2, 0.25) is 0 Å². The first-order valence-electron chi connectivity index (χ1n) is 8.83. The molecule has 150 valence electrons. The lowest BCUT2D eigenvalue weighted by molar-refractivity contribution is -0.127. The summed E-state index contributed by atoms with van der Waals surface area (Å²) in [5.41, 5.74) is 0. The molecule has 0 radical (unpaired) electrons. The minimum atomic E-state index is -0.750. The van der Waals surface area contributed by atoms with Crippen molar-refractivity contribution in [1.29, 1.82) is 0 Å². The van der Waals surface area contributed by atoms with Gasteiger partial charge in [0.05, 0.1) is 13.2 Å². The maximum absolute atomic E-state index is 13.5. The number of amides is 1. The molecule has 9 heteroatoms. The Morgan fingerprint density at radius 1 is 1.37 bits per heavy atom. The number of aliphatic imine (C=N–C) groups is 1. The van der Waals surface area contributed by atoms with E-state index in [-0.39, 0.29) is 24.8 Å². The van der Waals surface area contributed by atoms with Gasteiger partial charge in [0.15, 0.2) is 17.5 Å². The molecular formula is C18H26F2N4O3. The van der Waals surface area contributed by atoms with Gasteiger partial charge >= 0.3 is 0 Å². The lowest BCUT2D eigenvalue weighted by atomic mass is 10.1.